The summed E-state index contributed by atoms with van der Waals surface area (Å²) in [4.78, 5) is 12.5. The summed E-state index contributed by atoms with van der Waals surface area (Å²) in [5.74, 6) is 1.76. The maximum absolute atomic E-state index is 12.5. The largest absolute Gasteiger partial charge is 0.493 e. The zero-order chi connectivity index (χ0) is 19.2. The number of amides is 1. The zero-order valence-electron chi connectivity index (χ0n) is 15.1. The molecule has 3 rings (SSSR count). The standard InChI is InChI=1S/C20H20BrN3O3/c1-26-17-8-5-15(11-18(17)27-2)12-20(25)23-19-9-10-22-24(19)13-14-3-6-16(21)7-4-14/h3-11H,12-13H2,1-2H3,(H,23,25). The van der Waals surface area contributed by atoms with Crippen LogP contribution >= 0.6 is 15.9 Å². The number of carbonyl (C=O) groups excluding carboxylic acids is 1. The highest BCUT2D eigenvalue weighted by Crippen LogP contribution is 2.27. The van der Waals surface area contributed by atoms with Crippen LogP contribution in [0, 0.1) is 0 Å². The fraction of sp³-hybridized carbons (Fsp3) is 0.200. The minimum Gasteiger partial charge on any atom is -0.493 e. The van der Waals surface area contributed by atoms with Crippen molar-refractivity contribution in [1.29, 1.82) is 0 Å². The first-order valence-electron chi connectivity index (χ1n) is 8.36. The predicted octanol–water partition coefficient (Wildman–Crippen LogP) is 3.89. The Hall–Kier alpha value is -2.80. The number of methoxy groups -OCH3 is 2. The highest BCUT2D eigenvalue weighted by atomic mass is 79.9. The molecule has 7 heteroatoms. The van der Waals surface area contributed by atoms with Gasteiger partial charge in [0.2, 0.25) is 5.91 Å². The number of hydrogen-bond acceptors (Lipinski definition) is 4. The molecule has 0 radical (unpaired) electrons. The van der Waals surface area contributed by atoms with E-state index in [9.17, 15) is 4.79 Å². The molecule has 1 amide bonds. The van der Waals surface area contributed by atoms with Crippen molar-refractivity contribution in [2.24, 2.45) is 0 Å². The molecule has 0 aliphatic carbocycles. The Kier molecular flexibility index (Phi) is 6.13. The number of halogens is 1. The Labute approximate surface area is 166 Å². The number of benzene rings is 2. The monoisotopic (exact) mass is 429 g/mol. The predicted molar refractivity (Wildman–Crippen MR) is 107 cm³/mol. The minimum absolute atomic E-state index is 0.125. The van der Waals surface area contributed by atoms with Gasteiger partial charge in [-0.2, -0.15) is 5.10 Å². The highest BCUT2D eigenvalue weighted by molar-refractivity contribution is 9.10. The maximum atomic E-state index is 12.5. The summed E-state index contributed by atoms with van der Waals surface area (Å²) in [6.45, 7) is 0.576. The van der Waals surface area contributed by atoms with E-state index < -0.39 is 0 Å². The van der Waals surface area contributed by atoms with Crippen molar-refractivity contribution in [2.45, 2.75) is 13.0 Å². The molecule has 0 saturated carbocycles. The van der Waals surface area contributed by atoms with Gasteiger partial charge in [0.25, 0.3) is 0 Å². The van der Waals surface area contributed by atoms with Gasteiger partial charge in [-0.15, -0.1) is 0 Å². The van der Waals surface area contributed by atoms with Crippen molar-refractivity contribution < 1.29 is 14.3 Å². The lowest BCUT2D eigenvalue weighted by Crippen LogP contribution is -2.18. The van der Waals surface area contributed by atoms with Gasteiger partial charge in [0.1, 0.15) is 5.82 Å². The summed E-state index contributed by atoms with van der Waals surface area (Å²) in [7, 11) is 3.15. The van der Waals surface area contributed by atoms with Gasteiger partial charge in [0, 0.05) is 10.5 Å². The Morgan fingerprint density at radius 1 is 1.04 bits per heavy atom. The Balaban J connectivity index is 1.66. The van der Waals surface area contributed by atoms with Crippen LogP contribution in [0.5, 0.6) is 11.5 Å². The topological polar surface area (TPSA) is 65.4 Å². The van der Waals surface area contributed by atoms with E-state index in [1.54, 1.807) is 43.3 Å². The fourth-order valence-electron chi connectivity index (χ4n) is 2.69. The number of rotatable bonds is 7. The second-order valence-electron chi connectivity index (χ2n) is 5.91. The normalized spacial score (nSPS) is 10.5. The van der Waals surface area contributed by atoms with E-state index in [1.165, 1.54) is 0 Å². The summed E-state index contributed by atoms with van der Waals surface area (Å²) in [6, 6.07) is 15.2. The van der Waals surface area contributed by atoms with E-state index >= 15 is 0 Å². The SMILES string of the molecule is COc1ccc(CC(=O)Nc2ccnn2Cc2ccc(Br)cc2)cc1OC. The van der Waals surface area contributed by atoms with E-state index in [0.717, 1.165) is 15.6 Å². The molecule has 1 heterocycles. The van der Waals surface area contributed by atoms with Crippen LogP contribution in [0.3, 0.4) is 0 Å². The molecule has 0 unspecified atom stereocenters. The van der Waals surface area contributed by atoms with Crippen LogP contribution in [0.1, 0.15) is 11.1 Å². The second kappa shape index (κ2) is 8.73. The van der Waals surface area contributed by atoms with Crippen molar-refractivity contribution in [3.8, 4) is 11.5 Å². The molecule has 0 fully saturated rings. The van der Waals surface area contributed by atoms with Crippen molar-refractivity contribution in [3.05, 3.63) is 70.3 Å². The Morgan fingerprint density at radius 3 is 2.44 bits per heavy atom. The first-order chi connectivity index (χ1) is 13.1. The first kappa shape index (κ1) is 19.0. The van der Waals surface area contributed by atoms with Crippen LogP contribution in [-0.4, -0.2) is 29.9 Å². The average molecular weight is 430 g/mol. The lowest BCUT2D eigenvalue weighted by atomic mass is 10.1. The van der Waals surface area contributed by atoms with Gasteiger partial charge in [0.05, 0.1) is 33.4 Å². The minimum atomic E-state index is -0.125. The molecule has 140 valence electrons. The molecule has 27 heavy (non-hydrogen) atoms. The first-order valence-corrected chi connectivity index (χ1v) is 9.15. The summed E-state index contributed by atoms with van der Waals surface area (Å²) in [5, 5.41) is 7.21. The van der Waals surface area contributed by atoms with E-state index in [4.69, 9.17) is 9.47 Å². The van der Waals surface area contributed by atoms with Gasteiger partial charge >= 0.3 is 0 Å². The summed E-state index contributed by atoms with van der Waals surface area (Å²) < 4.78 is 13.3. The van der Waals surface area contributed by atoms with E-state index in [-0.39, 0.29) is 12.3 Å². The van der Waals surface area contributed by atoms with Gasteiger partial charge in [-0.3, -0.25) is 4.79 Å². The number of nitrogens with one attached hydrogen (secondary N) is 1. The molecular formula is C20H20BrN3O3. The summed E-state index contributed by atoms with van der Waals surface area (Å²) in [5.41, 5.74) is 1.93. The molecule has 2 aromatic carbocycles. The van der Waals surface area contributed by atoms with Gasteiger partial charge in [-0.25, -0.2) is 4.68 Å². The van der Waals surface area contributed by atoms with Crippen LogP contribution in [0.4, 0.5) is 5.82 Å². The van der Waals surface area contributed by atoms with Crippen LogP contribution in [0.25, 0.3) is 0 Å². The quantitative estimate of drug-likeness (QED) is 0.618. The summed E-state index contributed by atoms with van der Waals surface area (Å²) >= 11 is 3.43. The number of nitrogens with zero attached hydrogens (tertiary/aromatic N) is 2. The van der Waals surface area contributed by atoms with Gasteiger partial charge < -0.3 is 14.8 Å². The molecule has 1 N–H and O–H groups in total. The molecule has 1 aromatic heterocycles. The Bertz CT molecular complexity index is 922. The molecule has 0 aliphatic heterocycles. The van der Waals surface area contributed by atoms with Gasteiger partial charge in [-0.05, 0) is 35.4 Å². The number of hydrogen-bond donors (Lipinski definition) is 1. The Morgan fingerprint density at radius 2 is 1.74 bits per heavy atom. The van der Waals surface area contributed by atoms with Crippen molar-refractivity contribution in [2.75, 3.05) is 19.5 Å². The molecule has 0 aliphatic rings. The van der Waals surface area contributed by atoms with E-state index in [0.29, 0.717) is 23.9 Å². The van der Waals surface area contributed by atoms with Crippen LogP contribution in [0.2, 0.25) is 0 Å². The molecular weight excluding hydrogens is 410 g/mol. The number of anilines is 1. The molecule has 6 nitrogen and oxygen atoms in total. The molecule has 0 atom stereocenters. The van der Waals surface area contributed by atoms with Crippen molar-refractivity contribution >= 4 is 27.7 Å². The molecule has 0 saturated heterocycles. The van der Waals surface area contributed by atoms with Crippen molar-refractivity contribution in [1.82, 2.24) is 9.78 Å². The van der Waals surface area contributed by atoms with E-state index in [1.807, 2.05) is 30.3 Å². The van der Waals surface area contributed by atoms with Crippen LogP contribution < -0.4 is 14.8 Å². The second-order valence-corrected chi connectivity index (χ2v) is 6.83. The number of carbonyl (C=O) groups is 1. The average Bonchev–Trinajstić information content (AvgIpc) is 3.10. The highest BCUT2D eigenvalue weighted by Gasteiger charge is 2.11. The number of ether oxygens (including phenoxy) is 2. The van der Waals surface area contributed by atoms with E-state index in [2.05, 4.69) is 26.3 Å². The third-order valence-electron chi connectivity index (χ3n) is 4.04. The third-order valence-corrected chi connectivity index (χ3v) is 4.57. The van der Waals surface area contributed by atoms with Crippen LogP contribution in [-0.2, 0) is 17.8 Å². The van der Waals surface area contributed by atoms with Crippen LogP contribution in [0.15, 0.2) is 59.2 Å². The van der Waals surface area contributed by atoms with Gasteiger partial charge in [0.15, 0.2) is 11.5 Å². The number of aromatic nitrogens is 2. The maximum Gasteiger partial charge on any atom is 0.229 e. The molecule has 0 bridgehead atoms. The summed E-state index contributed by atoms with van der Waals surface area (Å²) in [6.07, 6.45) is 1.90. The fourth-order valence-corrected chi connectivity index (χ4v) is 2.95. The zero-order valence-corrected chi connectivity index (χ0v) is 16.7. The third kappa shape index (κ3) is 4.89. The van der Waals surface area contributed by atoms with Gasteiger partial charge in [-0.1, -0.05) is 34.1 Å². The molecule has 3 aromatic rings. The lowest BCUT2D eigenvalue weighted by Gasteiger charge is -2.11. The molecule has 0 spiro atoms. The lowest BCUT2D eigenvalue weighted by molar-refractivity contribution is -0.115. The smallest absolute Gasteiger partial charge is 0.229 e. The van der Waals surface area contributed by atoms with Crippen molar-refractivity contribution in [3.63, 3.8) is 0 Å².